The lowest BCUT2D eigenvalue weighted by Gasteiger charge is -2.49. The van der Waals surface area contributed by atoms with Crippen molar-refractivity contribution in [2.45, 2.75) is 63.5 Å². The van der Waals surface area contributed by atoms with Gasteiger partial charge in [0.15, 0.2) is 5.96 Å². The molecule has 0 aromatic rings. The predicted molar refractivity (Wildman–Crippen MR) is 118 cm³/mol. The standard InChI is InChI=1S/C21H41N7O/c1-3-23-20(25-18-7-13-27(14-8-18)19(22)29)24-17-21(9-15-26(2)16-10-21)28-11-5-4-6-12-28/h18H,3-17H2,1-2H3,(H2,22,29)(H2,23,24,25). The van der Waals surface area contributed by atoms with Crippen LogP contribution in [0, 0.1) is 0 Å². The lowest BCUT2D eigenvalue weighted by atomic mass is 9.84. The summed E-state index contributed by atoms with van der Waals surface area (Å²) >= 11 is 0. The Morgan fingerprint density at radius 2 is 1.72 bits per heavy atom. The van der Waals surface area contributed by atoms with Gasteiger partial charge in [-0.1, -0.05) is 6.42 Å². The Morgan fingerprint density at radius 3 is 2.31 bits per heavy atom. The molecule has 3 fully saturated rings. The fourth-order valence-electron chi connectivity index (χ4n) is 4.96. The second kappa shape index (κ2) is 10.5. The number of carbonyl (C=O) groups excluding carboxylic acids is 1. The Kier molecular flexibility index (Phi) is 8.00. The molecule has 0 aromatic carbocycles. The summed E-state index contributed by atoms with van der Waals surface area (Å²) in [4.78, 5) is 23.4. The van der Waals surface area contributed by atoms with Gasteiger partial charge in [0.2, 0.25) is 0 Å². The smallest absolute Gasteiger partial charge is 0.314 e. The van der Waals surface area contributed by atoms with Crippen LogP contribution in [0.2, 0.25) is 0 Å². The number of nitrogens with one attached hydrogen (secondary N) is 2. The molecule has 29 heavy (non-hydrogen) atoms. The monoisotopic (exact) mass is 407 g/mol. The van der Waals surface area contributed by atoms with Crippen molar-refractivity contribution in [1.29, 1.82) is 0 Å². The van der Waals surface area contributed by atoms with Crippen molar-refractivity contribution >= 4 is 12.0 Å². The van der Waals surface area contributed by atoms with Crippen LogP contribution in [0.25, 0.3) is 0 Å². The van der Waals surface area contributed by atoms with Crippen LogP contribution in [0.4, 0.5) is 4.79 Å². The molecule has 0 aromatic heterocycles. The Bertz CT molecular complexity index is 545. The van der Waals surface area contributed by atoms with Crippen molar-refractivity contribution in [3.63, 3.8) is 0 Å². The van der Waals surface area contributed by atoms with E-state index in [0.29, 0.717) is 6.04 Å². The van der Waals surface area contributed by atoms with E-state index >= 15 is 0 Å². The van der Waals surface area contributed by atoms with Crippen molar-refractivity contribution in [1.82, 2.24) is 25.3 Å². The van der Waals surface area contributed by atoms with Gasteiger partial charge < -0.3 is 26.2 Å². The zero-order valence-electron chi connectivity index (χ0n) is 18.5. The van der Waals surface area contributed by atoms with Crippen LogP contribution in [-0.4, -0.2) is 97.7 Å². The minimum atomic E-state index is -0.310. The molecular weight excluding hydrogens is 366 g/mol. The molecule has 3 aliphatic rings. The van der Waals surface area contributed by atoms with Crippen molar-refractivity contribution in [2.75, 3.05) is 59.4 Å². The normalized spacial score (nSPS) is 25.0. The van der Waals surface area contributed by atoms with E-state index in [-0.39, 0.29) is 11.6 Å². The number of hydrogen-bond donors (Lipinski definition) is 3. The molecule has 3 saturated heterocycles. The number of likely N-dealkylation sites (tertiary alicyclic amines) is 3. The van der Waals surface area contributed by atoms with Crippen LogP contribution in [0.1, 0.15) is 51.9 Å². The molecule has 0 spiro atoms. The third-order valence-corrected chi connectivity index (χ3v) is 6.97. The molecule has 0 radical (unpaired) electrons. The number of nitrogens with zero attached hydrogens (tertiary/aromatic N) is 4. The molecule has 4 N–H and O–H groups in total. The Hall–Kier alpha value is -1.54. The Morgan fingerprint density at radius 1 is 1.07 bits per heavy atom. The number of nitrogens with two attached hydrogens (primary N) is 1. The van der Waals surface area contributed by atoms with Crippen LogP contribution in [-0.2, 0) is 0 Å². The van der Waals surface area contributed by atoms with Gasteiger partial charge >= 0.3 is 6.03 Å². The minimum absolute atomic E-state index is 0.199. The molecular formula is C21H41N7O. The molecule has 0 saturated carbocycles. The number of piperidine rings is 3. The molecule has 3 aliphatic heterocycles. The fourth-order valence-corrected chi connectivity index (χ4v) is 4.96. The SMILES string of the molecule is CCNC(=NCC1(N2CCCCC2)CCN(C)CC1)NC1CCN(C(N)=O)CC1. The first-order valence-electron chi connectivity index (χ1n) is 11.6. The lowest BCUT2D eigenvalue weighted by Crippen LogP contribution is -2.58. The largest absolute Gasteiger partial charge is 0.357 e. The van der Waals surface area contributed by atoms with Crippen LogP contribution in [0.15, 0.2) is 4.99 Å². The van der Waals surface area contributed by atoms with Crippen molar-refractivity contribution in [2.24, 2.45) is 10.7 Å². The highest BCUT2D eigenvalue weighted by molar-refractivity contribution is 5.80. The van der Waals surface area contributed by atoms with Gasteiger partial charge in [0.1, 0.15) is 0 Å². The molecule has 0 atom stereocenters. The zero-order valence-corrected chi connectivity index (χ0v) is 18.5. The van der Waals surface area contributed by atoms with Gasteiger partial charge in [0, 0.05) is 31.2 Å². The molecule has 3 rings (SSSR count). The van der Waals surface area contributed by atoms with Crippen molar-refractivity contribution in [3.05, 3.63) is 0 Å². The number of urea groups is 1. The maximum Gasteiger partial charge on any atom is 0.314 e. The van der Waals surface area contributed by atoms with Crippen LogP contribution < -0.4 is 16.4 Å². The average molecular weight is 408 g/mol. The molecule has 8 nitrogen and oxygen atoms in total. The summed E-state index contributed by atoms with van der Waals surface area (Å²) in [6.07, 6.45) is 8.22. The summed E-state index contributed by atoms with van der Waals surface area (Å²) in [5, 5.41) is 7.05. The molecule has 8 heteroatoms. The number of aliphatic imine (C=N–C) groups is 1. The van der Waals surface area contributed by atoms with Crippen LogP contribution in [0.5, 0.6) is 0 Å². The van der Waals surface area contributed by atoms with Crippen LogP contribution >= 0.6 is 0 Å². The summed E-state index contributed by atoms with van der Waals surface area (Å²) in [6, 6.07) is 0.0292. The van der Waals surface area contributed by atoms with E-state index in [1.54, 1.807) is 4.90 Å². The number of primary amides is 1. The lowest BCUT2D eigenvalue weighted by molar-refractivity contribution is 0.0208. The number of rotatable bonds is 5. The summed E-state index contributed by atoms with van der Waals surface area (Å²) < 4.78 is 0. The maximum absolute atomic E-state index is 11.4. The molecule has 0 bridgehead atoms. The average Bonchev–Trinajstić information content (AvgIpc) is 2.74. The van der Waals surface area contributed by atoms with Gasteiger partial charge in [-0.2, -0.15) is 0 Å². The topological polar surface area (TPSA) is 89.2 Å². The summed E-state index contributed by atoms with van der Waals surface area (Å²) in [5.74, 6) is 0.917. The van der Waals surface area contributed by atoms with Gasteiger partial charge in [-0.15, -0.1) is 0 Å². The minimum Gasteiger partial charge on any atom is -0.357 e. The van der Waals surface area contributed by atoms with E-state index in [1.165, 1.54) is 45.2 Å². The quantitative estimate of drug-likeness (QED) is 0.468. The van der Waals surface area contributed by atoms with Gasteiger partial charge in [-0.05, 0) is 78.7 Å². The second-order valence-electron chi connectivity index (χ2n) is 9.01. The fraction of sp³-hybridized carbons (Fsp3) is 0.905. The number of carbonyl (C=O) groups is 1. The predicted octanol–water partition coefficient (Wildman–Crippen LogP) is 1.03. The first kappa shape index (κ1) is 22.2. The highest BCUT2D eigenvalue weighted by Crippen LogP contribution is 2.31. The first-order chi connectivity index (χ1) is 14.0. The van der Waals surface area contributed by atoms with E-state index in [9.17, 15) is 4.79 Å². The molecule has 3 heterocycles. The van der Waals surface area contributed by atoms with Crippen LogP contribution in [0.3, 0.4) is 0 Å². The van der Waals surface area contributed by atoms with Gasteiger partial charge in [-0.25, -0.2) is 4.79 Å². The summed E-state index contributed by atoms with van der Waals surface area (Å²) in [7, 11) is 2.23. The molecule has 0 unspecified atom stereocenters. The van der Waals surface area contributed by atoms with Gasteiger partial charge in [-0.3, -0.25) is 9.89 Å². The Labute approximate surface area is 176 Å². The van der Waals surface area contributed by atoms with E-state index in [4.69, 9.17) is 10.7 Å². The van der Waals surface area contributed by atoms with Gasteiger partial charge in [0.05, 0.1) is 6.54 Å². The number of guanidine groups is 1. The number of amides is 2. The Balaban J connectivity index is 1.63. The third kappa shape index (κ3) is 5.98. The van der Waals surface area contributed by atoms with Crippen molar-refractivity contribution < 1.29 is 4.79 Å². The van der Waals surface area contributed by atoms with E-state index in [1.807, 2.05) is 0 Å². The maximum atomic E-state index is 11.4. The highest BCUT2D eigenvalue weighted by atomic mass is 16.2. The third-order valence-electron chi connectivity index (χ3n) is 6.97. The summed E-state index contributed by atoms with van der Waals surface area (Å²) in [5.41, 5.74) is 5.61. The molecule has 0 aliphatic carbocycles. The van der Waals surface area contributed by atoms with Gasteiger partial charge in [0.25, 0.3) is 0 Å². The summed E-state index contributed by atoms with van der Waals surface area (Å²) in [6.45, 7) is 10.0. The molecule has 166 valence electrons. The molecule has 2 amide bonds. The van der Waals surface area contributed by atoms with Crippen molar-refractivity contribution in [3.8, 4) is 0 Å². The van der Waals surface area contributed by atoms with E-state index in [2.05, 4.69) is 34.4 Å². The number of hydrogen-bond acceptors (Lipinski definition) is 4. The van der Waals surface area contributed by atoms with E-state index in [0.717, 1.165) is 58.1 Å². The second-order valence-corrected chi connectivity index (χ2v) is 9.01. The highest BCUT2D eigenvalue weighted by Gasteiger charge is 2.39. The zero-order chi connectivity index (χ0) is 20.7. The first-order valence-corrected chi connectivity index (χ1v) is 11.6. The van der Waals surface area contributed by atoms with E-state index < -0.39 is 0 Å².